The Labute approximate surface area is 72.4 Å². The first-order valence-electron chi connectivity index (χ1n) is 3.27. The molecule has 66 valence electrons. The van der Waals surface area contributed by atoms with E-state index in [0.717, 1.165) is 0 Å². The lowest BCUT2D eigenvalue weighted by Crippen LogP contribution is -2.21. The number of aromatic amines is 2. The van der Waals surface area contributed by atoms with E-state index in [9.17, 15) is 9.59 Å². The van der Waals surface area contributed by atoms with E-state index >= 15 is 0 Å². The minimum Gasteiger partial charge on any atom is -0.370 e. The highest BCUT2D eigenvalue weighted by Crippen LogP contribution is 1.85. The van der Waals surface area contributed by atoms with Gasteiger partial charge in [-0.3, -0.25) is 14.5 Å². The van der Waals surface area contributed by atoms with Crippen LogP contribution in [0.15, 0.2) is 4.79 Å². The lowest BCUT2D eigenvalue weighted by Gasteiger charge is -1.95. The van der Waals surface area contributed by atoms with Gasteiger partial charge in [0.2, 0.25) is 5.91 Å². The van der Waals surface area contributed by atoms with Crippen molar-refractivity contribution in [1.29, 1.82) is 0 Å². The number of H-pyrrole nitrogens is 2. The van der Waals surface area contributed by atoms with E-state index in [2.05, 4.69) is 10.2 Å². The Morgan fingerprint density at radius 1 is 1.58 bits per heavy atom. The van der Waals surface area contributed by atoms with E-state index in [-0.39, 0.29) is 23.4 Å². The van der Waals surface area contributed by atoms with Gasteiger partial charge in [-0.25, -0.2) is 9.89 Å². The van der Waals surface area contributed by atoms with Gasteiger partial charge in [0, 0.05) is 13.0 Å². The van der Waals surface area contributed by atoms with Crippen LogP contribution in [-0.2, 0) is 11.3 Å². The lowest BCUT2D eigenvalue weighted by atomic mass is 10.4. The molecule has 6 nitrogen and oxygen atoms in total. The van der Waals surface area contributed by atoms with Crippen LogP contribution in [0.4, 0.5) is 0 Å². The van der Waals surface area contributed by atoms with Gasteiger partial charge in [-0.2, -0.15) is 0 Å². The molecule has 0 saturated heterocycles. The minimum absolute atomic E-state index is 0.106. The SMILES string of the molecule is NC(=O)CCn1c(=O)[nH][nH]c1=S. The molecule has 0 aromatic carbocycles. The van der Waals surface area contributed by atoms with Gasteiger partial charge >= 0.3 is 5.69 Å². The van der Waals surface area contributed by atoms with Crippen molar-refractivity contribution in [2.45, 2.75) is 13.0 Å². The van der Waals surface area contributed by atoms with Crippen LogP contribution in [0.5, 0.6) is 0 Å². The summed E-state index contributed by atoms with van der Waals surface area (Å²) in [6, 6.07) is 0. The first-order chi connectivity index (χ1) is 5.61. The van der Waals surface area contributed by atoms with Crippen LogP contribution in [0.1, 0.15) is 6.42 Å². The van der Waals surface area contributed by atoms with Crippen LogP contribution in [-0.4, -0.2) is 20.7 Å². The third-order valence-corrected chi connectivity index (χ3v) is 1.67. The third kappa shape index (κ3) is 1.82. The monoisotopic (exact) mass is 188 g/mol. The molecule has 0 unspecified atom stereocenters. The van der Waals surface area contributed by atoms with E-state index in [4.69, 9.17) is 18.0 Å². The molecule has 1 rings (SSSR count). The fraction of sp³-hybridized carbons (Fsp3) is 0.400. The van der Waals surface area contributed by atoms with Gasteiger partial charge in [0.05, 0.1) is 0 Å². The van der Waals surface area contributed by atoms with Gasteiger partial charge in [-0.1, -0.05) is 0 Å². The molecule has 7 heteroatoms. The van der Waals surface area contributed by atoms with Crippen LogP contribution in [0.3, 0.4) is 0 Å². The second-order valence-electron chi connectivity index (χ2n) is 2.23. The number of amides is 1. The molecule has 0 atom stereocenters. The van der Waals surface area contributed by atoms with Crippen molar-refractivity contribution in [3.63, 3.8) is 0 Å². The van der Waals surface area contributed by atoms with Gasteiger partial charge in [-0.15, -0.1) is 0 Å². The Kier molecular flexibility index (Phi) is 2.44. The summed E-state index contributed by atoms with van der Waals surface area (Å²) >= 11 is 4.75. The summed E-state index contributed by atoms with van der Waals surface area (Å²) in [6.45, 7) is 0.215. The molecule has 4 N–H and O–H groups in total. The zero-order chi connectivity index (χ0) is 9.14. The topological polar surface area (TPSA) is 96.7 Å². The van der Waals surface area contributed by atoms with Crippen molar-refractivity contribution in [3.05, 3.63) is 15.3 Å². The highest BCUT2D eigenvalue weighted by molar-refractivity contribution is 7.71. The molecule has 0 aliphatic rings. The number of rotatable bonds is 3. The van der Waals surface area contributed by atoms with Crippen molar-refractivity contribution in [2.75, 3.05) is 0 Å². The van der Waals surface area contributed by atoms with E-state index in [0.29, 0.717) is 0 Å². The number of nitrogens with zero attached hydrogens (tertiary/aromatic N) is 1. The second kappa shape index (κ2) is 3.35. The molecule has 0 bridgehead atoms. The van der Waals surface area contributed by atoms with Crippen molar-refractivity contribution >= 4 is 18.1 Å². The Bertz CT molecular complexity index is 359. The van der Waals surface area contributed by atoms with Crippen LogP contribution in [0.2, 0.25) is 0 Å². The molecule has 0 fully saturated rings. The van der Waals surface area contributed by atoms with Gasteiger partial charge in [0.25, 0.3) is 0 Å². The highest BCUT2D eigenvalue weighted by Gasteiger charge is 2.00. The molecular formula is C5H8N4O2S. The quantitative estimate of drug-likeness (QED) is 0.537. The van der Waals surface area contributed by atoms with Crippen LogP contribution in [0, 0.1) is 4.77 Å². The summed E-state index contributed by atoms with van der Waals surface area (Å²) in [6.07, 6.45) is 0.106. The van der Waals surface area contributed by atoms with E-state index in [1.54, 1.807) is 0 Å². The Hall–Kier alpha value is -1.37. The maximum atomic E-state index is 10.9. The highest BCUT2D eigenvalue weighted by atomic mass is 32.1. The predicted octanol–water partition coefficient (Wildman–Crippen LogP) is -0.891. The van der Waals surface area contributed by atoms with Crippen molar-refractivity contribution in [2.24, 2.45) is 5.73 Å². The normalized spacial score (nSPS) is 10.0. The van der Waals surface area contributed by atoms with Crippen molar-refractivity contribution in [3.8, 4) is 0 Å². The van der Waals surface area contributed by atoms with Crippen molar-refractivity contribution < 1.29 is 4.79 Å². The molecule has 0 saturated carbocycles. The zero-order valence-electron chi connectivity index (χ0n) is 6.16. The van der Waals surface area contributed by atoms with E-state index in [1.165, 1.54) is 4.57 Å². The molecule has 1 aromatic heterocycles. The molecule has 1 aromatic rings. The minimum atomic E-state index is -0.461. The van der Waals surface area contributed by atoms with Gasteiger partial charge in [-0.05, 0) is 12.2 Å². The first-order valence-corrected chi connectivity index (χ1v) is 3.68. The molecule has 0 radical (unpaired) electrons. The molecule has 0 spiro atoms. The number of carbonyl (C=O) groups excluding carboxylic acids is 1. The largest absolute Gasteiger partial charge is 0.370 e. The second-order valence-corrected chi connectivity index (χ2v) is 2.61. The Morgan fingerprint density at radius 3 is 2.67 bits per heavy atom. The Balaban J connectivity index is 2.82. The number of nitrogens with two attached hydrogens (primary N) is 1. The Morgan fingerprint density at radius 2 is 2.25 bits per heavy atom. The van der Waals surface area contributed by atoms with Crippen LogP contribution >= 0.6 is 12.2 Å². The summed E-state index contributed by atoms with van der Waals surface area (Å²) in [5, 5.41) is 4.74. The number of nitrogens with one attached hydrogen (secondary N) is 2. The van der Waals surface area contributed by atoms with Gasteiger partial charge in [0.15, 0.2) is 4.77 Å². The maximum absolute atomic E-state index is 10.9. The predicted molar refractivity (Wildman–Crippen MR) is 44.0 cm³/mol. The van der Waals surface area contributed by atoms with Crippen LogP contribution in [0.25, 0.3) is 0 Å². The third-order valence-electron chi connectivity index (χ3n) is 1.35. The maximum Gasteiger partial charge on any atom is 0.342 e. The van der Waals surface area contributed by atoms with E-state index < -0.39 is 5.91 Å². The van der Waals surface area contributed by atoms with Gasteiger partial charge < -0.3 is 5.73 Å². The standard InChI is InChI=1S/C5H8N4O2S/c6-3(10)1-2-9-4(11)7-8-5(9)12/h1-2H2,(H2,6,10)(H,7,11)(H,8,12). The van der Waals surface area contributed by atoms with Gasteiger partial charge in [0.1, 0.15) is 0 Å². The molecule has 12 heavy (non-hydrogen) atoms. The summed E-state index contributed by atoms with van der Waals surface area (Å²) < 4.78 is 1.50. The summed E-state index contributed by atoms with van der Waals surface area (Å²) in [4.78, 5) is 21.3. The zero-order valence-corrected chi connectivity index (χ0v) is 6.98. The number of carbonyl (C=O) groups is 1. The van der Waals surface area contributed by atoms with E-state index in [1.807, 2.05) is 0 Å². The average molecular weight is 188 g/mol. The molecule has 1 amide bonds. The summed E-state index contributed by atoms with van der Waals surface area (Å²) in [5.41, 5.74) is 4.54. The smallest absolute Gasteiger partial charge is 0.342 e. The summed E-state index contributed by atoms with van der Waals surface area (Å²) in [7, 11) is 0. The average Bonchev–Trinajstić information content (AvgIpc) is 2.28. The number of hydrogen-bond donors (Lipinski definition) is 3. The number of hydrogen-bond acceptors (Lipinski definition) is 3. The molecule has 1 heterocycles. The summed E-state index contributed by atoms with van der Waals surface area (Å²) in [5.74, 6) is -0.461. The molecular weight excluding hydrogens is 180 g/mol. The lowest BCUT2D eigenvalue weighted by molar-refractivity contribution is -0.118. The number of aromatic nitrogens is 3. The number of primary amides is 1. The van der Waals surface area contributed by atoms with Crippen molar-refractivity contribution in [1.82, 2.24) is 14.8 Å². The fourth-order valence-electron chi connectivity index (χ4n) is 0.759. The molecule has 0 aliphatic carbocycles. The first kappa shape index (κ1) is 8.72. The fourth-order valence-corrected chi connectivity index (χ4v) is 0.984. The molecule has 0 aliphatic heterocycles. The van der Waals surface area contributed by atoms with Crippen LogP contribution < -0.4 is 11.4 Å².